The summed E-state index contributed by atoms with van der Waals surface area (Å²) < 4.78 is 7.49. The van der Waals surface area contributed by atoms with Gasteiger partial charge in [0.25, 0.3) is 0 Å². The molecule has 0 bridgehead atoms. The first-order chi connectivity index (χ1) is 8.84. The van der Waals surface area contributed by atoms with Crippen molar-refractivity contribution in [1.82, 2.24) is 9.78 Å². The molecular weight excluding hydrogens is 260 g/mol. The van der Waals surface area contributed by atoms with Crippen molar-refractivity contribution in [2.24, 2.45) is 5.41 Å². The first-order valence-electron chi connectivity index (χ1n) is 6.80. The van der Waals surface area contributed by atoms with Gasteiger partial charge in [0.2, 0.25) is 0 Å². The quantitative estimate of drug-likeness (QED) is 0.774. The van der Waals surface area contributed by atoms with E-state index in [1.54, 1.807) is 13.3 Å². The summed E-state index contributed by atoms with van der Waals surface area (Å²) in [5, 5.41) is 4.52. The molecule has 1 atom stereocenters. The van der Waals surface area contributed by atoms with Gasteiger partial charge in [-0.25, -0.2) is 0 Å². The van der Waals surface area contributed by atoms with Crippen molar-refractivity contribution in [3.63, 3.8) is 0 Å². The summed E-state index contributed by atoms with van der Waals surface area (Å²) in [5.74, 6) is 0.835. The number of aromatic nitrogens is 2. The molecule has 0 fully saturated rings. The molecule has 1 heterocycles. The van der Waals surface area contributed by atoms with E-state index in [0.717, 1.165) is 24.3 Å². The average molecular weight is 283 g/mol. The SMILES string of the molecule is COc1cnn(C(C)C)c1C1=CC(Cl)CC(C)(C)C1. The van der Waals surface area contributed by atoms with Crippen molar-refractivity contribution in [1.29, 1.82) is 0 Å². The lowest BCUT2D eigenvalue weighted by atomic mass is 9.76. The molecule has 1 aromatic rings. The molecule has 0 saturated heterocycles. The normalized spacial score (nSPS) is 22.5. The highest BCUT2D eigenvalue weighted by Gasteiger charge is 2.31. The van der Waals surface area contributed by atoms with E-state index in [4.69, 9.17) is 16.3 Å². The molecule has 1 aromatic heterocycles. The van der Waals surface area contributed by atoms with Crippen molar-refractivity contribution in [2.45, 2.75) is 52.0 Å². The lowest BCUT2D eigenvalue weighted by molar-refractivity contribution is 0.337. The number of hydrogen-bond acceptors (Lipinski definition) is 2. The van der Waals surface area contributed by atoms with E-state index in [9.17, 15) is 0 Å². The van der Waals surface area contributed by atoms with Gasteiger partial charge in [0.05, 0.1) is 18.7 Å². The number of allylic oxidation sites excluding steroid dienone is 2. The van der Waals surface area contributed by atoms with E-state index in [-0.39, 0.29) is 10.8 Å². The number of methoxy groups -OCH3 is 1. The van der Waals surface area contributed by atoms with Crippen LogP contribution >= 0.6 is 11.6 Å². The van der Waals surface area contributed by atoms with E-state index in [0.29, 0.717) is 6.04 Å². The largest absolute Gasteiger partial charge is 0.493 e. The second-order valence-electron chi connectivity index (χ2n) is 6.35. The minimum Gasteiger partial charge on any atom is -0.493 e. The molecule has 0 aromatic carbocycles. The predicted molar refractivity (Wildman–Crippen MR) is 79.8 cm³/mol. The Balaban J connectivity index is 2.48. The van der Waals surface area contributed by atoms with E-state index < -0.39 is 0 Å². The molecule has 0 amide bonds. The smallest absolute Gasteiger partial charge is 0.164 e. The van der Waals surface area contributed by atoms with Crippen LogP contribution in [0.15, 0.2) is 12.3 Å². The number of ether oxygens (including phenoxy) is 1. The van der Waals surface area contributed by atoms with Crippen LogP contribution < -0.4 is 4.74 Å². The molecule has 1 unspecified atom stereocenters. The molecule has 0 N–H and O–H groups in total. The topological polar surface area (TPSA) is 27.1 Å². The van der Waals surface area contributed by atoms with E-state index in [2.05, 4.69) is 38.9 Å². The Morgan fingerprint density at radius 2 is 2.16 bits per heavy atom. The molecule has 1 aliphatic rings. The maximum absolute atomic E-state index is 6.39. The number of alkyl halides is 1. The Morgan fingerprint density at radius 1 is 1.47 bits per heavy atom. The minimum atomic E-state index is 0.0824. The zero-order valence-corrected chi connectivity index (χ0v) is 13.2. The molecule has 0 aliphatic heterocycles. The van der Waals surface area contributed by atoms with Crippen molar-refractivity contribution >= 4 is 17.2 Å². The van der Waals surface area contributed by atoms with Crippen LogP contribution in [-0.2, 0) is 0 Å². The Bertz CT molecular complexity index is 488. The van der Waals surface area contributed by atoms with Gasteiger partial charge in [-0.15, -0.1) is 11.6 Å². The molecule has 0 saturated carbocycles. The molecule has 2 rings (SSSR count). The summed E-state index contributed by atoms with van der Waals surface area (Å²) in [6, 6.07) is 0.304. The zero-order valence-electron chi connectivity index (χ0n) is 12.4. The van der Waals surface area contributed by atoms with Crippen LogP contribution in [0.4, 0.5) is 0 Å². The van der Waals surface area contributed by atoms with Gasteiger partial charge in [-0.05, 0) is 37.7 Å². The summed E-state index contributed by atoms with van der Waals surface area (Å²) in [5.41, 5.74) is 2.54. The van der Waals surface area contributed by atoms with Crippen molar-refractivity contribution in [2.75, 3.05) is 7.11 Å². The Morgan fingerprint density at radius 3 is 2.68 bits per heavy atom. The van der Waals surface area contributed by atoms with E-state index in [1.165, 1.54) is 5.57 Å². The number of hydrogen-bond donors (Lipinski definition) is 0. The van der Waals surface area contributed by atoms with Crippen molar-refractivity contribution < 1.29 is 4.74 Å². The fourth-order valence-corrected chi connectivity index (χ4v) is 3.38. The third kappa shape index (κ3) is 2.97. The Kier molecular flexibility index (Phi) is 3.95. The van der Waals surface area contributed by atoms with Gasteiger partial charge >= 0.3 is 0 Å². The molecule has 4 heteroatoms. The lowest BCUT2D eigenvalue weighted by Gasteiger charge is -2.33. The number of halogens is 1. The lowest BCUT2D eigenvalue weighted by Crippen LogP contribution is -2.23. The second-order valence-corrected chi connectivity index (χ2v) is 6.91. The van der Waals surface area contributed by atoms with Crippen LogP contribution in [0.2, 0.25) is 0 Å². The van der Waals surface area contributed by atoms with Crippen LogP contribution in [-0.4, -0.2) is 22.3 Å². The molecular formula is C15H23ClN2O. The van der Waals surface area contributed by atoms with Gasteiger partial charge in [0.1, 0.15) is 5.69 Å². The van der Waals surface area contributed by atoms with Gasteiger partial charge in [-0.1, -0.05) is 19.9 Å². The predicted octanol–water partition coefficient (Wildman–Crippen LogP) is 4.28. The molecule has 1 aliphatic carbocycles. The van der Waals surface area contributed by atoms with Gasteiger partial charge in [0, 0.05) is 6.04 Å². The third-order valence-corrected chi connectivity index (χ3v) is 3.85. The molecule has 0 radical (unpaired) electrons. The maximum atomic E-state index is 6.39. The van der Waals surface area contributed by atoms with Gasteiger partial charge < -0.3 is 4.74 Å². The number of rotatable bonds is 3. The van der Waals surface area contributed by atoms with Gasteiger partial charge in [0.15, 0.2) is 5.75 Å². The average Bonchev–Trinajstić information content (AvgIpc) is 2.69. The van der Waals surface area contributed by atoms with E-state index >= 15 is 0 Å². The van der Waals surface area contributed by atoms with Crippen LogP contribution in [0.1, 0.15) is 52.3 Å². The highest BCUT2D eigenvalue weighted by molar-refractivity contribution is 6.22. The highest BCUT2D eigenvalue weighted by Crippen LogP contribution is 2.43. The summed E-state index contributed by atoms with van der Waals surface area (Å²) in [6.45, 7) is 8.78. The standard InChI is InChI=1S/C15H23ClN2O/c1-10(2)18-14(13(19-5)9-17-18)11-6-12(16)8-15(3,4)7-11/h6,9-10,12H,7-8H2,1-5H3. The molecule has 3 nitrogen and oxygen atoms in total. The Hall–Kier alpha value is -0.960. The Labute approximate surface area is 120 Å². The van der Waals surface area contributed by atoms with Gasteiger partial charge in [-0.2, -0.15) is 5.10 Å². The zero-order chi connectivity index (χ0) is 14.2. The summed E-state index contributed by atoms with van der Waals surface area (Å²) in [6.07, 6.45) is 5.97. The minimum absolute atomic E-state index is 0.0824. The summed E-state index contributed by atoms with van der Waals surface area (Å²) in [4.78, 5) is 0. The van der Waals surface area contributed by atoms with Crippen LogP contribution in [0.5, 0.6) is 5.75 Å². The van der Waals surface area contributed by atoms with Crippen LogP contribution in [0, 0.1) is 5.41 Å². The third-order valence-electron chi connectivity index (χ3n) is 3.57. The fraction of sp³-hybridized carbons (Fsp3) is 0.667. The molecule has 19 heavy (non-hydrogen) atoms. The molecule has 0 spiro atoms. The van der Waals surface area contributed by atoms with Gasteiger partial charge in [-0.3, -0.25) is 4.68 Å². The first kappa shape index (κ1) is 14.4. The van der Waals surface area contributed by atoms with Crippen LogP contribution in [0.25, 0.3) is 5.57 Å². The highest BCUT2D eigenvalue weighted by atomic mass is 35.5. The summed E-state index contributed by atoms with van der Waals surface area (Å²) in [7, 11) is 1.69. The van der Waals surface area contributed by atoms with Crippen molar-refractivity contribution in [3.05, 3.63) is 18.0 Å². The van der Waals surface area contributed by atoms with Crippen LogP contribution in [0.3, 0.4) is 0 Å². The second kappa shape index (κ2) is 5.20. The van der Waals surface area contributed by atoms with Crippen molar-refractivity contribution in [3.8, 4) is 5.75 Å². The molecule has 106 valence electrons. The first-order valence-corrected chi connectivity index (χ1v) is 7.24. The van der Waals surface area contributed by atoms with E-state index in [1.807, 2.05) is 4.68 Å². The maximum Gasteiger partial charge on any atom is 0.164 e. The number of nitrogens with zero attached hydrogens (tertiary/aromatic N) is 2. The summed E-state index contributed by atoms with van der Waals surface area (Å²) >= 11 is 6.39. The monoisotopic (exact) mass is 282 g/mol. The fourth-order valence-electron chi connectivity index (χ4n) is 2.81.